The van der Waals surface area contributed by atoms with Gasteiger partial charge in [-0.05, 0) is 31.0 Å². The first-order valence-corrected chi connectivity index (χ1v) is 8.06. The van der Waals surface area contributed by atoms with Gasteiger partial charge in [0.25, 0.3) is 0 Å². The molecule has 0 aliphatic heterocycles. The molecule has 1 aromatic carbocycles. The van der Waals surface area contributed by atoms with Crippen LogP contribution < -0.4 is 0 Å². The Morgan fingerprint density at radius 1 is 1.26 bits per heavy atom. The van der Waals surface area contributed by atoms with E-state index >= 15 is 0 Å². The van der Waals surface area contributed by atoms with Gasteiger partial charge in [0.15, 0.2) is 11.6 Å². The third-order valence-electron chi connectivity index (χ3n) is 2.62. The summed E-state index contributed by atoms with van der Waals surface area (Å²) in [5.74, 6) is -0.917. The second kappa shape index (κ2) is 7.01. The lowest BCUT2D eigenvalue weighted by Crippen LogP contribution is -1.87. The summed E-state index contributed by atoms with van der Waals surface area (Å²) < 4.78 is 25.8. The number of nitrogens with zero attached hydrogens (tertiary/aromatic N) is 1. The van der Waals surface area contributed by atoms with Gasteiger partial charge in [-0.2, -0.15) is 0 Å². The van der Waals surface area contributed by atoms with Crippen LogP contribution in [0.1, 0.15) is 30.5 Å². The predicted octanol–water partition coefficient (Wildman–Crippen LogP) is 5.06. The fourth-order valence-electron chi connectivity index (χ4n) is 1.58. The number of thioether (sulfide) groups is 1. The van der Waals surface area contributed by atoms with Crippen LogP contribution in [0.15, 0.2) is 28.5 Å². The zero-order valence-electron chi connectivity index (χ0n) is 10.7. The molecule has 0 spiro atoms. The molecular formula is C14H15F2NS2. The molecule has 0 amide bonds. The Hall–Kier alpha value is -0.940. The standard InChI is InChI=1S/C14H15F2NS2/c1-2-3-4-14-17-10(9-19-14)8-18-11-5-6-12(15)13(16)7-11/h5-7,9H,2-4,8H2,1H3. The van der Waals surface area contributed by atoms with Crippen LogP contribution in [-0.4, -0.2) is 4.98 Å². The highest BCUT2D eigenvalue weighted by Crippen LogP contribution is 2.25. The Bertz CT molecular complexity index is 540. The van der Waals surface area contributed by atoms with E-state index in [1.165, 1.54) is 24.2 Å². The van der Waals surface area contributed by atoms with Crippen molar-refractivity contribution in [2.75, 3.05) is 0 Å². The van der Waals surface area contributed by atoms with E-state index in [0.29, 0.717) is 5.75 Å². The van der Waals surface area contributed by atoms with Gasteiger partial charge >= 0.3 is 0 Å². The minimum atomic E-state index is -0.806. The molecule has 5 heteroatoms. The van der Waals surface area contributed by atoms with E-state index in [1.54, 1.807) is 17.4 Å². The third kappa shape index (κ3) is 4.28. The number of halogens is 2. The molecule has 0 radical (unpaired) electrons. The van der Waals surface area contributed by atoms with Gasteiger partial charge in [-0.3, -0.25) is 0 Å². The zero-order valence-corrected chi connectivity index (χ0v) is 12.3. The number of unbranched alkanes of at least 4 members (excludes halogenated alkanes) is 1. The molecule has 2 rings (SSSR count). The smallest absolute Gasteiger partial charge is 0.159 e. The van der Waals surface area contributed by atoms with Crippen LogP contribution in [-0.2, 0) is 12.2 Å². The van der Waals surface area contributed by atoms with Crippen LogP contribution in [0.4, 0.5) is 8.78 Å². The van der Waals surface area contributed by atoms with Crippen molar-refractivity contribution in [2.24, 2.45) is 0 Å². The summed E-state index contributed by atoms with van der Waals surface area (Å²) in [5, 5.41) is 3.19. The van der Waals surface area contributed by atoms with E-state index in [-0.39, 0.29) is 0 Å². The van der Waals surface area contributed by atoms with E-state index in [1.807, 2.05) is 5.38 Å². The van der Waals surface area contributed by atoms with Crippen molar-refractivity contribution in [1.29, 1.82) is 0 Å². The molecule has 0 aliphatic carbocycles. The molecule has 1 nitrogen and oxygen atoms in total. The van der Waals surface area contributed by atoms with E-state index < -0.39 is 11.6 Å². The highest BCUT2D eigenvalue weighted by molar-refractivity contribution is 7.98. The monoisotopic (exact) mass is 299 g/mol. The molecule has 0 fully saturated rings. The molecule has 0 saturated heterocycles. The van der Waals surface area contributed by atoms with Gasteiger partial charge in [0.1, 0.15) is 0 Å². The summed E-state index contributed by atoms with van der Waals surface area (Å²) in [5.41, 5.74) is 1.01. The zero-order chi connectivity index (χ0) is 13.7. The van der Waals surface area contributed by atoms with Gasteiger partial charge in [-0.1, -0.05) is 13.3 Å². The minimum absolute atomic E-state index is 0.688. The van der Waals surface area contributed by atoms with Crippen molar-refractivity contribution in [3.63, 3.8) is 0 Å². The first-order valence-electron chi connectivity index (χ1n) is 6.20. The third-order valence-corrected chi connectivity index (χ3v) is 4.61. The maximum atomic E-state index is 13.0. The number of rotatable bonds is 6. The number of hydrogen-bond acceptors (Lipinski definition) is 3. The van der Waals surface area contributed by atoms with Crippen LogP contribution >= 0.6 is 23.1 Å². The summed E-state index contributed by atoms with van der Waals surface area (Å²) >= 11 is 3.14. The second-order valence-electron chi connectivity index (χ2n) is 4.20. The first-order chi connectivity index (χ1) is 9.19. The van der Waals surface area contributed by atoms with Crippen molar-refractivity contribution in [2.45, 2.75) is 36.8 Å². The number of aromatic nitrogens is 1. The number of benzene rings is 1. The van der Waals surface area contributed by atoms with Gasteiger partial charge in [0.05, 0.1) is 10.7 Å². The summed E-state index contributed by atoms with van der Waals surface area (Å²) in [6.07, 6.45) is 3.35. The summed E-state index contributed by atoms with van der Waals surface area (Å²) in [6, 6.07) is 3.98. The highest BCUT2D eigenvalue weighted by Gasteiger charge is 2.05. The lowest BCUT2D eigenvalue weighted by Gasteiger charge is -2.00. The lowest BCUT2D eigenvalue weighted by atomic mass is 10.3. The molecule has 102 valence electrons. The van der Waals surface area contributed by atoms with Crippen LogP contribution in [0.2, 0.25) is 0 Å². The molecule has 0 bridgehead atoms. The van der Waals surface area contributed by atoms with Crippen LogP contribution in [0.5, 0.6) is 0 Å². The Morgan fingerprint density at radius 2 is 2.11 bits per heavy atom. The van der Waals surface area contributed by atoms with Crippen LogP contribution in [0.25, 0.3) is 0 Å². The predicted molar refractivity (Wildman–Crippen MR) is 76.6 cm³/mol. The quantitative estimate of drug-likeness (QED) is 0.692. The van der Waals surface area contributed by atoms with Gasteiger partial charge in [-0.15, -0.1) is 23.1 Å². The highest BCUT2D eigenvalue weighted by atomic mass is 32.2. The fourth-order valence-corrected chi connectivity index (χ4v) is 3.34. The minimum Gasteiger partial charge on any atom is -0.245 e. The normalized spacial score (nSPS) is 10.9. The van der Waals surface area contributed by atoms with E-state index in [9.17, 15) is 8.78 Å². The summed E-state index contributed by atoms with van der Waals surface area (Å²) in [7, 11) is 0. The average molecular weight is 299 g/mol. The fraction of sp³-hybridized carbons (Fsp3) is 0.357. The molecular weight excluding hydrogens is 284 g/mol. The van der Waals surface area contributed by atoms with Crippen LogP contribution in [0, 0.1) is 11.6 Å². The molecule has 0 saturated carbocycles. The van der Waals surface area contributed by atoms with Crippen molar-refractivity contribution in [3.05, 3.63) is 45.9 Å². The van der Waals surface area contributed by atoms with Crippen molar-refractivity contribution >= 4 is 23.1 Å². The number of aryl methyl sites for hydroxylation is 1. The Balaban J connectivity index is 1.91. The maximum absolute atomic E-state index is 13.0. The second-order valence-corrected chi connectivity index (χ2v) is 6.19. The first kappa shape index (κ1) is 14.5. The molecule has 0 atom stereocenters. The van der Waals surface area contributed by atoms with Crippen molar-refractivity contribution in [3.8, 4) is 0 Å². The Kier molecular flexibility index (Phi) is 5.34. The molecule has 1 aromatic heterocycles. The Morgan fingerprint density at radius 3 is 2.84 bits per heavy atom. The summed E-state index contributed by atoms with van der Waals surface area (Å²) in [6.45, 7) is 2.16. The molecule has 0 aliphatic rings. The molecule has 0 N–H and O–H groups in total. The van der Waals surface area contributed by atoms with Gasteiger partial charge in [-0.25, -0.2) is 13.8 Å². The van der Waals surface area contributed by atoms with Crippen LogP contribution in [0.3, 0.4) is 0 Å². The maximum Gasteiger partial charge on any atom is 0.159 e. The number of thiazole rings is 1. The SMILES string of the molecule is CCCCc1nc(CSc2ccc(F)c(F)c2)cs1. The molecule has 0 unspecified atom stereocenters. The van der Waals surface area contributed by atoms with E-state index in [2.05, 4.69) is 11.9 Å². The molecule has 19 heavy (non-hydrogen) atoms. The summed E-state index contributed by atoms with van der Waals surface area (Å²) in [4.78, 5) is 5.26. The van der Waals surface area contributed by atoms with Gasteiger partial charge in [0, 0.05) is 16.0 Å². The molecule has 1 heterocycles. The Labute approximate surface area is 120 Å². The van der Waals surface area contributed by atoms with Gasteiger partial charge in [0.2, 0.25) is 0 Å². The largest absolute Gasteiger partial charge is 0.245 e. The van der Waals surface area contributed by atoms with E-state index in [0.717, 1.165) is 34.5 Å². The number of hydrogen-bond donors (Lipinski definition) is 0. The molecule has 2 aromatic rings. The van der Waals surface area contributed by atoms with E-state index in [4.69, 9.17) is 0 Å². The van der Waals surface area contributed by atoms with Crippen molar-refractivity contribution in [1.82, 2.24) is 4.98 Å². The van der Waals surface area contributed by atoms with Gasteiger partial charge < -0.3 is 0 Å². The lowest BCUT2D eigenvalue weighted by molar-refractivity contribution is 0.506. The van der Waals surface area contributed by atoms with Crippen molar-refractivity contribution < 1.29 is 8.78 Å². The topological polar surface area (TPSA) is 12.9 Å². The average Bonchev–Trinajstić information content (AvgIpc) is 2.86.